The normalized spacial score (nSPS) is 15.0. The fourth-order valence-electron chi connectivity index (χ4n) is 2.35. The third-order valence-corrected chi connectivity index (χ3v) is 3.52. The molecular weight excluding hydrogens is 260 g/mol. The first-order valence-corrected chi connectivity index (χ1v) is 7.36. The first kappa shape index (κ1) is 16.5. The van der Waals surface area contributed by atoms with Gasteiger partial charge in [-0.2, -0.15) is 0 Å². The Hall–Kier alpha value is -1.59. The van der Waals surface area contributed by atoms with E-state index in [0.717, 1.165) is 25.7 Å². The summed E-state index contributed by atoms with van der Waals surface area (Å²) in [6.07, 6.45) is 5.79. The summed E-state index contributed by atoms with van der Waals surface area (Å²) in [5.41, 5.74) is 0. The van der Waals surface area contributed by atoms with Crippen molar-refractivity contribution in [1.82, 2.24) is 10.6 Å². The molecule has 1 fully saturated rings. The largest absolute Gasteiger partial charge is 0.481 e. The van der Waals surface area contributed by atoms with Crippen LogP contribution >= 0.6 is 0 Å². The molecule has 6 heteroatoms. The van der Waals surface area contributed by atoms with E-state index in [-0.39, 0.29) is 30.6 Å². The van der Waals surface area contributed by atoms with Gasteiger partial charge in [0.25, 0.3) is 0 Å². The molecule has 0 aromatic carbocycles. The number of nitrogens with one attached hydrogen (secondary N) is 2. The summed E-state index contributed by atoms with van der Waals surface area (Å²) in [4.78, 5) is 33.4. The van der Waals surface area contributed by atoms with Crippen LogP contribution in [-0.2, 0) is 14.4 Å². The summed E-state index contributed by atoms with van der Waals surface area (Å²) in [5.74, 6) is -0.719. The van der Waals surface area contributed by atoms with E-state index < -0.39 is 5.97 Å². The van der Waals surface area contributed by atoms with Crippen LogP contribution in [0.4, 0.5) is 0 Å². The van der Waals surface area contributed by atoms with Crippen LogP contribution in [0.25, 0.3) is 0 Å². The summed E-state index contributed by atoms with van der Waals surface area (Å²) in [5, 5.41) is 14.0. The van der Waals surface area contributed by atoms with Crippen LogP contribution in [0.15, 0.2) is 0 Å². The minimum absolute atomic E-state index is 0.0664. The Morgan fingerprint density at radius 3 is 2.30 bits per heavy atom. The molecule has 2 amide bonds. The van der Waals surface area contributed by atoms with E-state index in [1.54, 1.807) is 0 Å². The second-order valence-corrected chi connectivity index (χ2v) is 5.22. The number of unbranched alkanes of at least 4 members (excludes halogenated alkanes) is 1. The Labute approximate surface area is 119 Å². The molecule has 114 valence electrons. The molecule has 0 saturated heterocycles. The lowest BCUT2D eigenvalue weighted by molar-refractivity contribution is -0.137. The molecule has 1 aliphatic carbocycles. The average molecular weight is 284 g/mol. The lowest BCUT2D eigenvalue weighted by atomic mass is 10.1. The van der Waals surface area contributed by atoms with Crippen molar-refractivity contribution in [3.63, 3.8) is 0 Å². The zero-order chi connectivity index (χ0) is 14.8. The molecule has 20 heavy (non-hydrogen) atoms. The Kier molecular flexibility index (Phi) is 7.69. The van der Waals surface area contributed by atoms with Crippen molar-refractivity contribution < 1.29 is 19.5 Å². The Morgan fingerprint density at radius 1 is 0.950 bits per heavy atom. The maximum Gasteiger partial charge on any atom is 0.303 e. The summed E-state index contributed by atoms with van der Waals surface area (Å²) in [7, 11) is 0. The lowest BCUT2D eigenvalue weighted by Crippen LogP contribution is -2.33. The average Bonchev–Trinajstić information content (AvgIpc) is 2.91. The fourth-order valence-corrected chi connectivity index (χ4v) is 2.35. The van der Waals surface area contributed by atoms with Crippen molar-refractivity contribution in [3.8, 4) is 0 Å². The third kappa shape index (κ3) is 7.11. The predicted octanol–water partition coefficient (Wildman–Crippen LogP) is 1.05. The van der Waals surface area contributed by atoms with E-state index in [2.05, 4.69) is 10.6 Å². The number of carboxylic acids is 1. The Morgan fingerprint density at radius 2 is 1.65 bits per heavy atom. The number of carboxylic acid groups (broad SMARTS) is 1. The van der Waals surface area contributed by atoms with Crippen molar-refractivity contribution >= 4 is 17.8 Å². The van der Waals surface area contributed by atoms with Crippen molar-refractivity contribution in [1.29, 1.82) is 0 Å². The van der Waals surface area contributed by atoms with E-state index in [9.17, 15) is 14.4 Å². The first-order valence-electron chi connectivity index (χ1n) is 7.36. The van der Waals surface area contributed by atoms with E-state index >= 15 is 0 Å². The molecule has 1 aliphatic rings. The van der Waals surface area contributed by atoms with Crippen molar-refractivity contribution in [2.24, 2.45) is 5.92 Å². The van der Waals surface area contributed by atoms with Crippen LogP contribution < -0.4 is 10.6 Å². The molecular formula is C14H24N2O4. The molecule has 1 rings (SSSR count). The summed E-state index contributed by atoms with van der Waals surface area (Å²) in [6, 6.07) is 0. The topological polar surface area (TPSA) is 95.5 Å². The highest BCUT2D eigenvalue weighted by Gasteiger charge is 2.22. The molecule has 0 unspecified atom stereocenters. The molecule has 0 aromatic rings. The van der Waals surface area contributed by atoms with Gasteiger partial charge in [0, 0.05) is 31.8 Å². The minimum atomic E-state index is -0.814. The third-order valence-electron chi connectivity index (χ3n) is 3.52. The Balaban J connectivity index is 1.96. The van der Waals surface area contributed by atoms with E-state index in [1.807, 2.05) is 0 Å². The standard InChI is InChI=1S/C14H24N2O4/c17-12(15-9-4-3-7-13(18)19)8-10-16-14(20)11-5-1-2-6-11/h11H,1-10H2,(H,15,17)(H,16,20)(H,18,19). The number of rotatable bonds is 9. The van der Waals surface area contributed by atoms with Gasteiger partial charge in [-0.05, 0) is 25.7 Å². The molecule has 0 heterocycles. The minimum Gasteiger partial charge on any atom is -0.481 e. The molecule has 0 atom stereocenters. The van der Waals surface area contributed by atoms with Crippen LogP contribution in [0.5, 0.6) is 0 Å². The number of hydrogen-bond donors (Lipinski definition) is 3. The van der Waals surface area contributed by atoms with Gasteiger partial charge >= 0.3 is 5.97 Å². The van der Waals surface area contributed by atoms with Gasteiger partial charge in [-0.1, -0.05) is 12.8 Å². The molecule has 3 N–H and O–H groups in total. The quantitative estimate of drug-likeness (QED) is 0.552. The van der Waals surface area contributed by atoms with E-state index in [4.69, 9.17) is 5.11 Å². The van der Waals surface area contributed by atoms with Gasteiger partial charge in [0.05, 0.1) is 0 Å². The number of aliphatic carboxylic acids is 1. The smallest absolute Gasteiger partial charge is 0.303 e. The van der Waals surface area contributed by atoms with Crippen molar-refractivity contribution in [2.75, 3.05) is 13.1 Å². The molecule has 0 aliphatic heterocycles. The molecule has 6 nitrogen and oxygen atoms in total. The van der Waals surface area contributed by atoms with Gasteiger partial charge in [0.1, 0.15) is 0 Å². The fraction of sp³-hybridized carbons (Fsp3) is 0.786. The van der Waals surface area contributed by atoms with Crippen molar-refractivity contribution in [2.45, 2.75) is 51.4 Å². The number of amides is 2. The summed E-state index contributed by atoms with van der Waals surface area (Å²) in [6.45, 7) is 0.860. The van der Waals surface area contributed by atoms with Crippen LogP contribution in [0.3, 0.4) is 0 Å². The number of carbonyl (C=O) groups excluding carboxylic acids is 2. The molecule has 1 saturated carbocycles. The number of carbonyl (C=O) groups is 3. The van der Waals surface area contributed by atoms with Crippen LogP contribution in [0.2, 0.25) is 0 Å². The molecule has 0 spiro atoms. The summed E-state index contributed by atoms with van der Waals surface area (Å²) >= 11 is 0. The second kappa shape index (κ2) is 9.34. The maximum atomic E-state index is 11.7. The van der Waals surface area contributed by atoms with Crippen LogP contribution in [0.1, 0.15) is 51.4 Å². The van der Waals surface area contributed by atoms with Crippen molar-refractivity contribution in [3.05, 3.63) is 0 Å². The summed E-state index contributed by atoms with van der Waals surface area (Å²) < 4.78 is 0. The zero-order valence-corrected chi connectivity index (χ0v) is 11.8. The van der Waals surface area contributed by atoms with Gasteiger partial charge < -0.3 is 15.7 Å². The number of hydrogen-bond acceptors (Lipinski definition) is 3. The highest BCUT2D eigenvalue weighted by molar-refractivity contribution is 5.80. The van der Waals surface area contributed by atoms with E-state index in [0.29, 0.717) is 25.9 Å². The Bertz CT molecular complexity index is 338. The van der Waals surface area contributed by atoms with Gasteiger partial charge in [-0.25, -0.2) is 0 Å². The highest BCUT2D eigenvalue weighted by Crippen LogP contribution is 2.24. The predicted molar refractivity (Wildman–Crippen MR) is 74.1 cm³/mol. The highest BCUT2D eigenvalue weighted by atomic mass is 16.4. The zero-order valence-electron chi connectivity index (χ0n) is 11.8. The first-order chi connectivity index (χ1) is 9.59. The van der Waals surface area contributed by atoms with Gasteiger partial charge in [-0.15, -0.1) is 0 Å². The van der Waals surface area contributed by atoms with Gasteiger partial charge in [-0.3, -0.25) is 14.4 Å². The second-order valence-electron chi connectivity index (χ2n) is 5.22. The maximum absolute atomic E-state index is 11.7. The van der Waals surface area contributed by atoms with Crippen LogP contribution in [0, 0.1) is 5.92 Å². The van der Waals surface area contributed by atoms with E-state index in [1.165, 1.54) is 0 Å². The molecule has 0 radical (unpaired) electrons. The lowest BCUT2D eigenvalue weighted by Gasteiger charge is -2.10. The molecule has 0 aromatic heterocycles. The monoisotopic (exact) mass is 284 g/mol. The SMILES string of the molecule is O=C(O)CCCCNC(=O)CCNC(=O)C1CCCC1. The molecule has 0 bridgehead atoms. The van der Waals surface area contributed by atoms with Gasteiger partial charge in [0.2, 0.25) is 11.8 Å². The van der Waals surface area contributed by atoms with Gasteiger partial charge in [0.15, 0.2) is 0 Å². The van der Waals surface area contributed by atoms with Crippen LogP contribution in [-0.4, -0.2) is 36.0 Å².